The number of carbonyl (C=O) groups excluding carboxylic acids is 1. The lowest BCUT2D eigenvalue weighted by atomic mass is 9.99. The van der Waals surface area contributed by atoms with Crippen molar-refractivity contribution in [3.8, 4) is 6.07 Å². The van der Waals surface area contributed by atoms with Crippen molar-refractivity contribution in [3.05, 3.63) is 70.8 Å². The minimum Gasteiger partial charge on any atom is -0.366 e. The SMILES string of the molecule is N#Cc1cccc(CN2CCOC(C(=O)N3CCc4ccccc4C3)C2)c1. The number of rotatable bonds is 3. The Hall–Kier alpha value is -2.68. The van der Waals surface area contributed by atoms with Crippen LogP contribution in [-0.4, -0.2) is 48.1 Å². The van der Waals surface area contributed by atoms with E-state index in [2.05, 4.69) is 29.2 Å². The van der Waals surface area contributed by atoms with E-state index in [1.54, 1.807) is 0 Å². The molecule has 1 saturated heterocycles. The highest BCUT2D eigenvalue weighted by atomic mass is 16.5. The van der Waals surface area contributed by atoms with E-state index in [4.69, 9.17) is 10.00 Å². The lowest BCUT2D eigenvalue weighted by molar-refractivity contribution is -0.150. The van der Waals surface area contributed by atoms with E-state index in [-0.39, 0.29) is 5.91 Å². The Kier molecular flexibility index (Phi) is 5.19. The van der Waals surface area contributed by atoms with Crippen LogP contribution in [-0.2, 0) is 29.0 Å². The van der Waals surface area contributed by atoms with E-state index in [0.29, 0.717) is 25.3 Å². The van der Waals surface area contributed by atoms with Crippen molar-refractivity contribution in [2.75, 3.05) is 26.2 Å². The Morgan fingerprint density at radius 1 is 1.15 bits per heavy atom. The maximum atomic E-state index is 13.0. The van der Waals surface area contributed by atoms with E-state index in [0.717, 1.165) is 31.6 Å². The Labute approximate surface area is 159 Å². The maximum Gasteiger partial charge on any atom is 0.253 e. The van der Waals surface area contributed by atoms with Crippen molar-refractivity contribution in [2.45, 2.75) is 25.6 Å². The van der Waals surface area contributed by atoms with Gasteiger partial charge < -0.3 is 9.64 Å². The molecule has 27 heavy (non-hydrogen) atoms. The number of amides is 1. The monoisotopic (exact) mass is 361 g/mol. The highest BCUT2D eigenvalue weighted by Gasteiger charge is 2.31. The van der Waals surface area contributed by atoms with Gasteiger partial charge in [0.15, 0.2) is 0 Å². The first kappa shape index (κ1) is 17.7. The molecule has 138 valence electrons. The predicted molar refractivity (Wildman–Crippen MR) is 102 cm³/mol. The van der Waals surface area contributed by atoms with Gasteiger partial charge in [0, 0.05) is 32.7 Å². The third kappa shape index (κ3) is 4.02. The van der Waals surface area contributed by atoms with Crippen LogP contribution < -0.4 is 0 Å². The lowest BCUT2D eigenvalue weighted by Gasteiger charge is -2.36. The molecule has 2 aliphatic heterocycles. The van der Waals surface area contributed by atoms with Crippen LogP contribution in [0, 0.1) is 11.3 Å². The zero-order chi connectivity index (χ0) is 18.6. The second-order valence-corrected chi connectivity index (χ2v) is 7.19. The number of hydrogen-bond donors (Lipinski definition) is 0. The summed E-state index contributed by atoms with van der Waals surface area (Å²) in [5, 5.41) is 9.06. The molecule has 1 fully saturated rings. The topological polar surface area (TPSA) is 56.6 Å². The van der Waals surface area contributed by atoms with Gasteiger partial charge in [0.25, 0.3) is 5.91 Å². The van der Waals surface area contributed by atoms with Crippen molar-refractivity contribution in [1.82, 2.24) is 9.80 Å². The van der Waals surface area contributed by atoms with Gasteiger partial charge in [-0.3, -0.25) is 9.69 Å². The molecular formula is C22H23N3O2. The molecule has 4 rings (SSSR count). The molecule has 0 bridgehead atoms. The van der Waals surface area contributed by atoms with Crippen LogP contribution in [0.2, 0.25) is 0 Å². The average Bonchev–Trinajstić information content (AvgIpc) is 2.73. The van der Waals surface area contributed by atoms with Gasteiger partial charge in [-0.2, -0.15) is 5.26 Å². The van der Waals surface area contributed by atoms with E-state index >= 15 is 0 Å². The molecule has 0 N–H and O–H groups in total. The number of morpholine rings is 1. The normalized spacial score (nSPS) is 20.0. The van der Waals surface area contributed by atoms with Crippen molar-refractivity contribution in [1.29, 1.82) is 5.26 Å². The van der Waals surface area contributed by atoms with E-state index in [9.17, 15) is 4.79 Å². The van der Waals surface area contributed by atoms with Crippen LogP contribution in [0.3, 0.4) is 0 Å². The molecule has 5 nitrogen and oxygen atoms in total. The maximum absolute atomic E-state index is 13.0. The zero-order valence-corrected chi connectivity index (χ0v) is 15.3. The number of nitriles is 1. The molecule has 2 aromatic rings. The molecule has 1 unspecified atom stereocenters. The van der Waals surface area contributed by atoms with Gasteiger partial charge in [-0.15, -0.1) is 0 Å². The third-order valence-electron chi connectivity index (χ3n) is 5.33. The highest BCUT2D eigenvalue weighted by molar-refractivity contribution is 5.81. The Morgan fingerprint density at radius 3 is 2.85 bits per heavy atom. The molecule has 0 spiro atoms. The fraction of sp³-hybridized carbons (Fsp3) is 0.364. The van der Waals surface area contributed by atoms with Crippen LogP contribution >= 0.6 is 0 Å². The fourth-order valence-corrected chi connectivity index (χ4v) is 3.88. The van der Waals surface area contributed by atoms with Crippen molar-refractivity contribution in [2.24, 2.45) is 0 Å². The van der Waals surface area contributed by atoms with Gasteiger partial charge in [0.05, 0.1) is 18.2 Å². The van der Waals surface area contributed by atoms with Gasteiger partial charge >= 0.3 is 0 Å². The number of benzene rings is 2. The molecule has 0 radical (unpaired) electrons. The minimum absolute atomic E-state index is 0.0833. The average molecular weight is 361 g/mol. The first-order valence-corrected chi connectivity index (χ1v) is 9.41. The first-order chi connectivity index (χ1) is 13.2. The summed E-state index contributed by atoms with van der Waals surface area (Å²) in [5.74, 6) is 0.0833. The second-order valence-electron chi connectivity index (χ2n) is 7.19. The summed E-state index contributed by atoms with van der Waals surface area (Å²) in [6, 6.07) is 18.2. The summed E-state index contributed by atoms with van der Waals surface area (Å²) in [5.41, 5.74) is 4.33. The zero-order valence-electron chi connectivity index (χ0n) is 15.3. The summed E-state index contributed by atoms with van der Waals surface area (Å²) < 4.78 is 5.81. The first-order valence-electron chi connectivity index (χ1n) is 9.41. The van der Waals surface area contributed by atoms with E-state index in [1.807, 2.05) is 35.2 Å². The molecule has 2 heterocycles. The quantitative estimate of drug-likeness (QED) is 0.842. The van der Waals surface area contributed by atoms with Gasteiger partial charge in [-0.25, -0.2) is 0 Å². The summed E-state index contributed by atoms with van der Waals surface area (Å²) in [6.07, 6.45) is 0.488. The lowest BCUT2D eigenvalue weighted by Crippen LogP contribution is -2.51. The Bertz CT molecular complexity index is 874. The van der Waals surface area contributed by atoms with E-state index in [1.165, 1.54) is 11.1 Å². The van der Waals surface area contributed by atoms with Crippen LogP contribution in [0.25, 0.3) is 0 Å². The fourth-order valence-electron chi connectivity index (χ4n) is 3.88. The summed E-state index contributed by atoms with van der Waals surface area (Å²) in [7, 11) is 0. The van der Waals surface area contributed by atoms with Crippen molar-refractivity contribution in [3.63, 3.8) is 0 Å². The molecule has 1 amide bonds. The molecular weight excluding hydrogens is 338 g/mol. The third-order valence-corrected chi connectivity index (χ3v) is 5.33. The summed E-state index contributed by atoms with van der Waals surface area (Å²) in [6.45, 7) is 4.08. The van der Waals surface area contributed by atoms with Crippen molar-refractivity contribution < 1.29 is 9.53 Å². The largest absolute Gasteiger partial charge is 0.366 e. The Balaban J connectivity index is 1.39. The van der Waals surface area contributed by atoms with Crippen molar-refractivity contribution >= 4 is 5.91 Å². The predicted octanol–water partition coefficient (Wildman–Crippen LogP) is 2.34. The molecule has 0 saturated carbocycles. The van der Waals surface area contributed by atoms with Gasteiger partial charge in [0.1, 0.15) is 6.10 Å². The van der Waals surface area contributed by atoms with Crippen LogP contribution in [0.5, 0.6) is 0 Å². The smallest absolute Gasteiger partial charge is 0.253 e. The number of hydrogen-bond acceptors (Lipinski definition) is 4. The van der Waals surface area contributed by atoms with E-state index < -0.39 is 6.10 Å². The highest BCUT2D eigenvalue weighted by Crippen LogP contribution is 2.21. The van der Waals surface area contributed by atoms with Gasteiger partial charge in [-0.1, -0.05) is 36.4 Å². The van der Waals surface area contributed by atoms with Gasteiger partial charge in [-0.05, 0) is 35.2 Å². The number of carbonyl (C=O) groups is 1. The van der Waals surface area contributed by atoms with Crippen LogP contribution in [0.15, 0.2) is 48.5 Å². The van der Waals surface area contributed by atoms with Crippen LogP contribution in [0.4, 0.5) is 0 Å². The molecule has 1 atom stereocenters. The molecule has 2 aromatic carbocycles. The van der Waals surface area contributed by atoms with Gasteiger partial charge in [0.2, 0.25) is 0 Å². The number of ether oxygens (including phenoxy) is 1. The molecule has 0 aliphatic carbocycles. The van der Waals surface area contributed by atoms with Crippen LogP contribution in [0.1, 0.15) is 22.3 Å². The standard InChI is InChI=1S/C22H23N3O2/c23-13-17-4-3-5-18(12-17)14-24-10-11-27-21(16-24)22(26)25-9-8-19-6-1-2-7-20(19)15-25/h1-7,12,21H,8-11,14-16H2. The molecule has 0 aromatic heterocycles. The second kappa shape index (κ2) is 7.91. The number of fused-ring (bicyclic) bond motifs is 1. The summed E-state index contributed by atoms with van der Waals surface area (Å²) in [4.78, 5) is 17.2. The number of nitrogens with zero attached hydrogens (tertiary/aromatic N) is 3. The molecule has 5 heteroatoms. The minimum atomic E-state index is -0.414. The molecule has 2 aliphatic rings. The summed E-state index contributed by atoms with van der Waals surface area (Å²) >= 11 is 0. The Morgan fingerprint density at radius 2 is 2.00 bits per heavy atom.